The van der Waals surface area contributed by atoms with Crippen molar-refractivity contribution in [2.75, 3.05) is 0 Å². The van der Waals surface area contributed by atoms with Crippen molar-refractivity contribution in [3.63, 3.8) is 0 Å². The Balaban J connectivity index is 1.98. The van der Waals surface area contributed by atoms with E-state index in [1.54, 1.807) is 11.3 Å². The van der Waals surface area contributed by atoms with Crippen molar-refractivity contribution in [1.82, 2.24) is 4.98 Å². The second kappa shape index (κ2) is 4.30. The van der Waals surface area contributed by atoms with E-state index in [2.05, 4.69) is 12.1 Å². The highest BCUT2D eigenvalue weighted by Crippen LogP contribution is 2.43. The first-order chi connectivity index (χ1) is 8.95. The van der Waals surface area contributed by atoms with Crippen LogP contribution in [0.1, 0.15) is 49.6 Å². The summed E-state index contributed by atoms with van der Waals surface area (Å²) >= 11 is 1.77. The molecule has 4 heteroatoms. The van der Waals surface area contributed by atoms with Crippen molar-refractivity contribution in [2.24, 2.45) is 0 Å². The molecule has 1 aromatic carbocycles. The van der Waals surface area contributed by atoms with Crippen LogP contribution < -0.4 is 0 Å². The summed E-state index contributed by atoms with van der Waals surface area (Å²) in [6.45, 7) is 3.94. The summed E-state index contributed by atoms with van der Waals surface area (Å²) in [5.74, 6) is -0.0880. The zero-order valence-electron chi connectivity index (χ0n) is 11.1. The standard InChI is InChI=1S/C15H17NO2S/c1-15(2,8-13(17)18)10-5-6-12-11(7-10)16-14(19-12)9-3-4-9/h5-7,9H,3-4,8H2,1-2H3,(H,17,18). The summed E-state index contributed by atoms with van der Waals surface area (Å²) in [5, 5.41) is 10.2. The monoisotopic (exact) mass is 275 g/mol. The Morgan fingerprint density at radius 2 is 2.21 bits per heavy atom. The SMILES string of the molecule is CC(C)(CC(=O)O)c1ccc2sc(C3CC3)nc2c1. The molecule has 0 saturated heterocycles. The minimum atomic E-state index is -0.762. The zero-order valence-corrected chi connectivity index (χ0v) is 12.0. The van der Waals surface area contributed by atoms with Gasteiger partial charge in [-0.25, -0.2) is 4.98 Å². The molecule has 100 valence electrons. The molecule has 1 aromatic heterocycles. The third kappa shape index (κ3) is 2.50. The third-order valence-corrected chi connectivity index (χ3v) is 4.90. The lowest BCUT2D eigenvalue weighted by Crippen LogP contribution is -2.21. The first-order valence-electron chi connectivity index (χ1n) is 6.58. The first kappa shape index (κ1) is 12.6. The van der Waals surface area contributed by atoms with Crippen molar-refractivity contribution in [2.45, 2.75) is 44.4 Å². The molecule has 3 nitrogen and oxygen atoms in total. The smallest absolute Gasteiger partial charge is 0.304 e. The molecule has 0 bridgehead atoms. The van der Waals surface area contributed by atoms with E-state index >= 15 is 0 Å². The maximum Gasteiger partial charge on any atom is 0.304 e. The van der Waals surface area contributed by atoms with E-state index in [1.807, 2.05) is 19.9 Å². The van der Waals surface area contributed by atoms with Gasteiger partial charge in [-0.3, -0.25) is 4.79 Å². The maximum absolute atomic E-state index is 10.9. The van der Waals surface area contributed by atoms with Crippen LogP contribution in [0.3, 0.4) is 0 Å². The van der Waals surface area contributed by atoms with Gasteiger partial charge >= 0.3 is 5.97 Å². The van der Waals surface area contributed by atoms with Crippen LogP contribution in [0.15, 0.2) is 18.2 Å². The third-order valence-electron chi connectivity index (χ3n) is 3.71. The van der Waals surface area contributed by atoms with Crippen molar-refractivity contribution >= 4 is 27.5 Å². The van der Waals surface area contributed by atoms with Gasteiger partial charge in [0.2, 0.25) is 0 Å². The van der Waals surface area contributed by atoms with E-state index in [9.17, 15) is 4.79 Å². The number of rotatable bonds is 4. The Bertz CT molecular complexity index is 641. The van der Waals surface area contributed by atoms with Crippen molar-refractivity contribution in [3.8, 4) is 0 Å². The summed E-state index contributed by atoms with van der Waals surface area (Å²) in [6.07, 6.45) is 2.66. The minimum absolute atomic E-state index is 0.137. The van der Waals surface area contributed by atoms with Gasteiger partial charge in [0.15, 0.2) is 0 Å². The van der Waals surface area contributed by atoms with E-state index in [1.165, 1.54) is 22.5 Å². The highest BCUT2D eigenvalue weighted by atomic mass is 32.1. The minimum Gasteiger partial charge on any atom is -0.481 e. The molecular weight excluding hydrogens is 258 g/mol. The Labute approximate surface area is 116 Å². The molecule has 0 spiro atoms. The molecule has 19 heavy (non-hydrogen) atoms. The fourth-order valence-corrected chi connectivity index (χ4v) is 3.47. The molecule has 1 saturated carbocycles. The molecule has 1 aliphatic carbocycles. The number of hydrogen-bond acceptors (Lipinski definition) is 3. The van der Waals surface area contributed by atoms with Gasteiger partial charge in [0.1, 0.15) is 0 Å². The Hall–Kier alpha value is -1.42. The zero-order chi connectivity index (χ0) is 13.6. The molecule has 1 N–H and O–H groups in total. The summed E-state index contributed by atoms with van der Waals surface area (Å²) in [5.41, 5.74) is 1.71. The summed E-state index contributed by atoms with van der Waals surface area (Å²) in [6, 6.07) is 6.18. The molecule has 1 aliphatic rings. The van der Waals surface area contributed by atoms with Crippen LogP contribution in [-0.4, -0.2) is 16.1 Å². The fraction of sp³-hybridized carbons (Fsp3) is 0.467. The second-order valence-electron chi connectivity index (χ2n) is 5.96. The number of fused-ring (bicyclic) bond motifs is 1. The van der Waals surface area contributed by atoms with Crippen LogP contribution in [0, 0.1) is 0 Å². The molecule has 3 rings (SSSR count). The fourth-order valence-electron chi connectivity index (χ4n) is 2.35. The van der Waals surface area contributed by atoms with Gasteiger partial charge in [0.25, 0.3) is 0 Å². The van der Waals surface area contributed by atoms with Crippen molar-refractivity contribution < 1.29 is 9.90 Å². The van der Waals surface area contributed by atoms with Gasteiger partial charge in [0, 0.05) is 11.3 Å². The average molecular weight is 275 g/mol. The van der Waals surface area contributed by atoms with Gasteiger partial charge in [-0.05, 0) is 30.5 Å². The molecule has 0 atom stereocenters. The number of benzene rings is 1. The van der Waals surface area contributed by atoms with Gasteiger partial charge in [-0.1, -0.05) is 19.9 Å². The van der Waals surface area contributed by atoms with E-state index in [0.29, 0.717) is 5.92 Å². The molecule has 0 amide bonds. The van der Waals surface area contributed by atoms with E-state index in [-0.39, 0.29) is 11.8 Å². The summed E-state index contributed by atoms with van der Waals surface area (Å²) < 4.78 is 1.21. The van der Waals surface area contributed by atoms with Crippen molar-refractivity contribution in [3.05, 3.63) is 28.8 Å². The van der Waals surface area contributed by atoms with E-state index in [0.717, 1.165) is 11.1 Å². The second-order valence-corrected chi connectivity index (χ2v) is 7.03. The lowest BCUT2D eigenvalue weighted by molar-refractivity contribution is -0.138. The summed E-state index contributed by atoms with van der Waals surface area (Å²) in [7, 11) is 0. The predicted molar refractivity (Wildman–Crippen MR) is 76.9 cm³/mol. The van der Waals surface area contributed by atoms with Gasteiger partial charge in [0.05, 0.1) is 21.6 Å². The van der Waals surface area contributed by atoms with E-state index in [4.69, 9.17) is 10.1 Å². The van der Waals surface area contributed by atoms with Crippen molar-refractivity contribution in [1.29, 1.82) is 0 Å². The van der Waals surface area contributed by atoms with Crippen LogP contribution >= 0.6 is 11.3 Å². The average Bonchev–Trinajstić information content (AvgIpc) is 3.06. The normalized spacial score (nSPS) is 15.9. The topological polar surface area (TPSA) is 50.2 Å². The number of aromatic nitrogens is 1. The molecule has 0 radical (unpaired) electrons. The molecule has 2 aromatic rings. The van der Waals surface area contributed by atoms with Gasteiger partial charge < -0.3 is 5.11 Å². The number of aliphatic carboxylic acids is 1. The Morgan fingerprint density at radius 1 is 1.47 bits per heavy atom. The van der Waals surface area contributed by atoms with Crippen LogP contribution in [0.4, 0.5) is 0 Å². The largest absolute Gasteiger partial charge is 0.481 e. The molecule has 1 heterocycles. The molecule has 0 unspecified atom stereocenters. The molecule has 0 aliphatic heterocycles. The summed E-state index contributed by atoms with van der Waals surface area (Å²) in [4.78, 5) is 15.6. The lowest BCUT2D eigenvalue weighted by Gasteiger charge is -2.22. The predicted octanol–water partition coefficient (Wildman–Crippen LogP) is 3.93. The number of carbonyl (C=O) groups is 1. The number of carboxylic acids is 1. The quantitative estimate of drug-likeness (QED) is 0.919. The van der Waals surface area contributed by atoms with Gasteiger partial charge in [-0.2, -0.15) is 0 Å². The van der Waals surface area contributed by atoms with Crippen LogP contribution in [0.2, 0.25) is 0 Å². The number of carboxylic acid groups (broad SMARTS) is 1. The highest BCUT2D eigenvalue weighted by molar-refractivity contribution is 7.18. The number of thiazole rings is 1. The Kier molecular flexibility index (Phi) is 2.86. The van der Waals surface area contributed by atoms with Crippen LogP contribution in [0.5, 0.6) is 0 Å². The lowest BCUT2D eigenvalue weighted by atomic mass is 9.81. The van der Waals surface area contributed by atoms with Crippen LogP contribution in [0.25, 0.3) is 10.2 Å². The highest BCUT2D eigenvalue weighted by Gasteiger charge is 2.28. The maximum atomic E-state index is 10.9. The number of nitrogens with zero attached hydrogens (tertiary/aromatic N) is 1. The first-order valence-corrected chi connectivity index (χ1v) is 7.40. The Morgan fingerprint density at radius 3 is 2.84 bits per heavy atom. The number of hydrogen-bond donors (Lipinski definition) is 1. The van der Waals surface area contributed by atoms with Crippen LogP contribution in [-0.2, 0) is 10.2 Å². The molecule has 1 fully saturated rings. The van der Waals surface area contributed by atoms with E-state index < -0.39 is 5.97 Å². The molecular formula is C15H17NO2S. The van der Waals surface area contributed by atoms with Gasteiger partial charge in [-0.15, -0.1) is 11.3 Å².